The van der Waals surface area contributed by atoms with Crippen molar-refractivity contribution in [2.75, 3.05) is 13.4 Å². The molecule has 2 heteroatoms. The molecule has 0 aliphatic rings. The highest BCUT2D eigenvalue weighted by molar-refractivity contribution is 7.99. The molecule has 0 aliphatic heterocycles. The molecule has 0 aliphatic carbocycles. The van der Waals surface area contributed by atoms with E-state index in [4.69, 9.17) is 4.74 Å². The summed E-state index contributed by atoms with van der Waals surface area (Å²) in [4.78, 5) is 0. The molecule has 2 atom stereocenters. The third kappa shape index (κ3) is 3.28. The van der Waals surface area contributed by atoms with Gasteiger partial charge < -0.3 is 4.74 Å². The van der Waals surface area contributed by atoms with Crippen LogP contribution in [0, 0.1) is 0 Å². The second kappa shape index (κ2) is 5.81. The molecular weight excluding hydrogens is 144 g/mol. The monoisotopic (exact) mass is 160 g/mol. The van der Waals surface area contributed by atoms with Gasteiger partial charge in [0.25, 0.3) is 0 Å². The van der Waals surface area contributed by atoms with E-state index in [2.05, 4.69) is 19.8 Å². The zero-order valence-corrected chi connectivity index (χ0v) is 7.78. The van der Waals surface area contributed by atoms with Crippen LogP contribution in [0.25, 0.3) is 0 Å². The molecule has 0 bridgehead atoms. The van der Waals surface area contributed by atoms with Crippen LogP contribution in [0.5, 0.6) is 0 Å². The van der Waals surface area contributed by atoms with Gasteiger partial charge >= 0.3 is 0 Å². The fourth-order valence-electron chi connectivity index (χ4n) is 0.796. The molecule has 0 amide bonds. The van der Waals surface area contributed by atoms with Gasteiger partial charge in [0.05, 0.1) is 6.10 Å². The van der Waals surface area contributed by atoms with E-state index in [9.17, 15) is 0 Å². The molecule has 0 aromatic rings. The third-order valence-corrected chi connectivity index (χ3v) is 2.64. The van der Waals surface area contributed by atoms with E-state index in [1.807, 2.05) is 17.8 Å². The summed E-state index contributed by atoms with van der Waals surface area (Å²) in [6.07, 6.45) is 5.27. The fourth-order valence-corrected chi connectivity index (χ4v) is 1.32. The first-order valence-electron chi connectivity index (χ1n) is 3.42. The minimum atomic E-state index is 0.326. The maximum atomic E-state index is 5.25. The Labute approximate surface area is 67.8 Å². The van der Waals surface area contributed by atoms with Crippen LogP contribution in [0.15, 0.2) is 12.7 Å². The molecule has 0 unspecified atom stereocenters. The van der Waals surface area contributed by atoms with Crippen LogP contribution in [0.2, 0.25) is 0 Å². The Hall–Kier alpha value is 0.0500. The first-order chi connectivity index (χ1) is 4.76. The second-order valence-corrected chi connectivity index (χ2v) is 3.45. The lowest BCUT2D eigenvalue weighted by Gasteiger charge is -2.18. The maximum absolute atomic E-state index is 5.25. The van der Waals surface area contributed by atoms with E-state index in [0.29, 0.717) is 11.4 Å². The zero-order valence-electron chi connectivity index (χ0n) is 6.96. The minimum absolute atomic E-state index is 0.326. The van der Waals surface area contributed by atoms with Gasteiger partial charge in [0.15, 0.2) is 0 Å². The van der Waals surface area contributed by atoms with Crippen LogP contribution in [-0.4, -0.2) is 24.7 Å². The number of rotatable bonds is 5. The second-order valence-electron chi connectivity index (χ2n) is 2.24. The van der Waals surface area contributed by atoms with Gasteiger partial charge in [0.2, 0.25) is 0 Å². The molecule has 1 nitrogen and oxygen atoms in total. The molecule has 0 saturated carbocycles. The largest absolute Gasteiger partial charge is 0.380 e. The molecule has 0 radical (unpaired) electrons. The highest BCUT2D eigenvalue weighted by Gasteiger charge is 2.12. The number of hydrogen-bond acceptors (Lipinski definition) is 2. The van der Waals surface area contributed by atoms with Gasteiger partial charge in [-0.25, -0.2) is 0 Å². The Balaban J connectivity index is 3.67. The van der Waals surface area contributed by atoms with E-state index in [1.54, 1.807) is 7.11 Å². The summed E-state index contributed by atoms with van der Waals surface area (Å²) in [6.45, 7) is 5.84. The molecule has 0 aromatic heterocycles. The van der Waals surface area contributed by atoms with E-state index >= 15 is 0 Å². The van der Waals surface area contributed by atoms with Crippen LogP contribution in [0.3, 0.4) is 0 Å². The van der Waals surface area contributed by atoms with Crippen LogP contribution < -0.4 is 0 Å². The van der Waals surface area contributed by atoms with E-state index < -0.39 is 0 Å². The van der Waals surface area contributed by atoms with Gasteiger partial charge in [-0.15, -0.1) is 6.58 Å². The molecule has 0 rings (SSSR count). The summed E-state index contributed by atoms with van der Waals surface area (Å²) in [7, 11) is 1.75. The van der Waals surface area contributed by atoms with Crippen molar-refractivity contribution in [3.05, 3.63) is 12.7 Å². The number of methoxy groups -OCH3 is 1. The summed E-state index contributed by atoms with van der Waals surface area (Å²) >= 11 is 1.82. The normalized spacial score (nSPS) is 16.3. The van der Waals surface area contributed by atoms with Gasteiger partial charge in [0, 0.05) is 12.4 Å². The van der Waals surface area contributed by atoms with E-state index in [1.165, 1.54) is 0 Å². The highest BCUT2D eigenvalue weighted by Crippen LogP contribution is 2.15. The first-order valence-corrected chi connectivity index (χ1v) is 4.71. The molecule has 0 saturated heterocycles. The van der Waals surface area contributed by atoms with Gasteiger partial charge in [-0.3, -0.25) is 0 Å². The van der Waals surface area contributed by atoms with Crippen LogP contribution in [0.1, 0.15) is 13.3 Å². The van der Waals surface area contributed by atoms with Crippen LogP contribution >= 0.6 is 11.8 Å². The summed E-state index contributed by atoms with van der Waals surface area (Å²) in [5.41, 5.74) is 0. The number of hydrogen-bond donors (Lipinski definition) is 0. The van der Waals surface area contributed by atoms with Gasteiger partial charge in [-0.2, -0.15) is 11.8 Å². The third-order valence-electron chi connectivity index (χ3n) is 1.60. The van der Waals surface area contributed by atoms with Crippen LogP contribution in [0.4, 0.5) is 0 Å². The predicted molar refractivity (Wildman–Crippen MR) is 48.6 cm³/mol. The van der Waals surface area contributed by atoms with Crippen molar-refractivity contribution in [2.45, 2.75) is 24.7 Å². The number of ether oxygens (including phenoxy) is 1. The van der Waals surface area contributed by atoms with Gasteiger partial charge in [0.1, 0.15) is 0 Å². The highest BCUT2D eigenvalue weighted by atomic mass is 32.2. The molecule has 10 heavy (non-hydrogen) atoms. The molecule has 0 fully saturated rings. The Bertz CT molecular complexity index is 93.3. The van der Waals surface area contributed by atoms with Crippen LogP contribution in [-0.2, 0) is 4.74 Å². The van der Waals surface area contributed by atoms with Crippen molar-refractivity contribution in [1.82, 2.24) is 0 Å². The summed E-state index contributed by atoms with van der Waals surface area (Å²) in [5.74, 6) is 0. The maximum Gasteiger partial charge on any atom is 0.0721 e. The lowest BCUT2D eigenvalue weighted by molar-refractivity contribution is 0.107. The molecule has 60 valence electrons. The number of thioether (sulfide) groups is 1. The smallest absolute Gasteiger partial charge is 0.0721 e. The SMILES string of the molecule is C=CC[C@H](OC)[C@@H](C)SC. The topological polar surface area (TPSA) is 9.23 Å². The average molecular weight is 160 g/mol. The quantitative estimate of drug-likeness (QED) is 0.571. The van der Waals surface area contributed by atoms with Crippen molar-refractivity contribution < 1.29 is 4.74 Å². The van der Waals surface area contributed by atoms with Crippen molar-refractivity contribution in [2.24, 2.45) is 0 Å². The average Bonchev–Trinajstić information content (AvgIpc) is 1.99. The predicted octanol–water partition coefficient (Wildman–Crippen LogP) is 2.33. The molecule has 0 heterocycles. The lowest BCUT2D eigenvalue weighted by Crippen LogP contribution is -2.21. The van der Waals surface area contributed by atoms with Crippen molar-refractivity contribution >= 4 is 11.8 Å². The Morgan fingerprint density at radius 2 is 2.30 bits per heavy atom. The standard InChI is InChI=1S/C8H16OS/c1-5-6-8(9-3)7(2)10-4/h5,7-8H,1,6H2,2-4H3/t7-,8+/m1/s1. The zero-order chi connectivity index (χ0) is 7.98. The molecule has 0 aromatic carbocycles. The minimum Gasteiger partial charge on any atom is -0.380 e. The molecule has 0 N–H and O–H groups in total. The van der Waals surface area contributed by atoms with Gasteiger partial charge in [-0.1, -0.05) is 13.0 Å². The Morgan fingerprint density at radius 1 is 1.70 bits per heavy atom. The van der Waals surface area contributed by atoms with Crippen molar-refractivity contribution in [3.63, 3.8) is 0 Å². The Kier molecular flexibility index (Phi) is 5.84. The Morgan fingerprint density at radius 3 is 2.60 bits per heavy atom. The molecule has 0 spiro atoms. The van der Waals surface area contributed by atoms with Crippen molar-refractivity contribution in [3.8, 4) is 0 Å². The molecular formula is C8H16OS. The summed E-state index contributed by atoms with van der Waals surface area (Å²) < 4.78 is 5.25. The van der Waals surface area contributed by atoms with E-state index in [0.717, 1.165) is 6.42 Å². The summed E-state index contributed by atoms with van der Waals surface area (Å²) in [6, 6.07) is 0. The first kappa shape index (κ1) is 10.0. The lowest BCUT2D eigenvalue weighted by atomic mass is 10.2. The van der Waals surface area contributed by atoms with Gasteiger partial charge in [-0.05, 0) is 12.7 Å². The van der Waals surface area contributed by atoms with E-state index in [-0.39, 0.29) is 0 Å². The fraction of sp³-hybridized carbons (Fsp3) is 0.750. The summed E-state index contributed by atoms with van der Waals surface area (Å²) in [5, 5.41) is 0.558. The van der Waals surface area contributed by atoms with Crippen molar-refractivity contribution in [1.29, 1.82) is 0 Å².